The molecule has 0 saturated heterocycles. The van der Waals surface area contributed by atoms with Crippen LogP contribution >= 0.6 is 0 Å². The molecule has 1 heterocycles. The van der Waals surface area contributed by atoms with E-state index in [1.807, 2.05) is 0 Å². The Morgan fingerprint density at radius 3 is 1.97 bits per heavy atom. The van der Waals surface area contributed by atoms with Crippen LogP contribution in [0.5, 0.6) is 0 Å². The Morgan fingerprint density at radius 1 is 0.969 bits per heavy atom. The first-order valence-corrected chi connectivity index (χ1v) is 10.9. The van der Waals surface area contributed by atoms with Gasteiger partial charge in [0.25, 0.3) is 0 Å². The number of sulfonamides is 1. The van der Waals surface area contributed by atoms with E-state index in [0.29, 0.717) is 10.1 Å². The zero-order valence-electron chi connectivity index (χ0n) is 17.9. The van der Waals surface area contributed by atoms with Crippen LogP contribution in [0.4, 0.5) is 0 Å². The summed E-state index contributed by atoms with van der Waals surface area (Å²) in [4.78, 5) is 50.1. The lowest BCUT2D eigenvalue weighted by Crippen LogP contribution is -2.55. The molecule has 0 bridgehead atoms. The Morgan fingerprint density at radius 2 is 1.47 bits per heavy atom. The molecule has 0 atom stereocenters. The molecule has 1 aromatic carbocycles. The third-order valence-electron chi connectivity index (χ3n) is 4.52. The number of hydrogen-bond acceptors (Lipinski definition) is 6. The largest absolute Gasteiger partial charge is 0.350 e. The van der Waals surface area contributed by atoms with Crippen molar-refractivity contribution in [3.8, 4) is 0 Å². The molecule has 12 heteroatoms. The lowest BCUT2D eigenvalue weighted by atomic mass is 10.2. The minimum atomic E-state index is -3.74. The fraction of sp³-hybridized carbons (Fsp3) is 0.300. The number of aromatic nitrogens is 3. The molecular formula is C20H25N5O6S. The van der Waals surface area contributed by atoms with E-state index in [1.54, 1.807) is 18.2 Å². The van der Waals surface area contributed by atoms with E-state index in [2.05, 4.69) is 18.5 Å². The van der Waals surface area contributed by atoms with Crippen LogP contribution in [0, 0.1) is 0 Å². The predicted octanol–water partition coefficient (Wildman–Crippen LogP) is -0.890. The minimum Gasteiger partial charge on any atom is -0.350 e. The van der Waals surface area contributed by atoms with E-state index in [-0.39, 0.29) is 24.5 Å². The quantitative estimate of drug-likeness (QED) is 0.455. The maximum Gasteiger partial charge on any atom is 0.337 e. The number of nitrogens with one attached hydrogen (secondary N) is 1. The average molecular weight is 464 g/mol. The second-order valence-corrected chi connectivity index (χ2v) is 9.02. The van der Waals surface area contributed by atoms with E-state index in [1.165, 1.54) is 32.3 Å². The van der Waals surface area contributed by atoms with Crippen LogP contribution in [0.15, 0.2) is 68.9 Å². The Bertz CT molecular complexity index is 1270. The van der Waals surface area contributed by atoms with Gasteiger partial charge in [-0.2, -0.15) is 0 Å². The maximum absolute atomic E-state index is 12.6. The van der Waals surface area contributed by atoms with Gasteiger partial charge in [-0.25, -0.2) is 40.8 Å². The number of carbonyl (C=O) groups excluding carboxylic acids is 1. The summed E-state index contributed by atoms with van der Waals surface area (Å²) < 4.78 is 28.2. The molecule has 0 aliphatic heterocycles. The maximum atomic E-state index is 12.6. The van der Waals surface area contributed by atoms with Gasteiger partial charge in [-0.05, 0) is 11.6 Å². The van der Waals surface area contributed by atoms with Gasteiger partial charge in [-0.1, -0.05) is 30.4 Å². The van der Waals surface area contributed by atoms with Gasteiger partial charge in [0.2, 0.25) is 15.9 Å². The molecule has 0 aliphatic carbocycles. The van der Waals surface area contributed by atoms with Gasteiger partial charge in [-0.15, -0.1) is 13.2 Å². The standard InChI is InChI=1S/C20H25N5O6S/c1-5-11-23-18(27)24(12-6-2)20(29)25(19(23)28)14-17(26)21-13-15-9-7-8-10-16(15)32(30,31)22(3)4/h5-10H,1-2,11-14H2,3-4H3,(H,21,26). The summed E-state index contributed by atoms with van der Waals surface area (Å²) in [5.74, 6) is -0.713. The molecule has 1 amide bonds. The van der Waals surface area contributed by atoms with Crippen molar-refractivity contribution in [3.05, 3.63) is 86.6 Å². The fourth-order valence-electron chi connectivity index (χ4n) is 2.88. The summed E-state index contributed by atoms with van der Waals surface area (Å²) in [6, 6.07) is 6.15. The van der Waals surface area contributed by atoms with Crippen LogP contribution in [-0.2, 0) is 41.0 Å². The molecule has 0 fully saturated rings. The highest BCUT2D eigenvalue weighted by atomic mass is 32.2. The molecular weight excluding hydrogens is 438 g/mol. The van der Waals surface area contributed by atoms with Crippen molar-refractivity contribution in [2.45, 2.75) is 31.1 Å². The third-order valence-corrected chi connectivity index (χ3v) is 6.43. The van der Waals surface area contributed by atoms with Crippen molar-refractivity contribution in [1.82, 2.24) is 23.3 Å². The van der Waals surface area contributed by atoms with Crippen molar-refractivity contribution >= 4 is 15.9 Å². The van der Waals surface area contributed by atoms with Crippen LogP contribution in [0.3, 0.4) is 0 Å². The summed E-state index contributed by atoms with van der Waals surface area (Å²) in [6.07, 6.45) is 2.64. The van der Waals surface area contributed by atoms with Gasteiger partial charge in [0.15, 0.2) is 0 Å². The topological polar surface area (TPSA) is 132 Å². The normalized spacial score (nSPS) is 11.3. The number of allylic oxidation sites excluding steroid dienone is 2. The zero-order valence-corrected chi connectivity index (χ0v) is 18.7. The van der Waals surface area contributed by atoms with Crippen molar-refractivity contribution in [1.29, 1.82) is 0 Å². The highest BCUT2D eigenvalue weighted by molar-refractivity contribution is 7.89. The van der Waals surface area contributed by atoms with Gasteiger partial charge in [0.05, 0.1) is 18.0 Å². The van der Waals surface area contributed by atoms with Crippen LogP contribution in [0.2, 0.25) is 0 Å². The number of carbonyl (C=O) groups is 1. The van der Waals surface area contributed by atoms with Gasteiger partial charge in [0.1, 0.15) is 6.54 Å². The van der Waals surface area contributed by atoms with Gasteiger partial charge < -0.3 is 5.32 Å². The molecule has 2 rings (SSSR count). The zero-order chi connectivity index (χ0) is 24.1. The smallest absolute Gasteiger partial charge is 0.337 e. The molecule has 0 radical (unpaired) electrons. The number of nitrogens with zero attached hydrogens (tertiary/aromatic N) is 4. The van der Waals surface area contributed by atoms with E-state index in [9.17, 15) is 27.6 Å². The van der Waals surface area contributed by atoms with Crippen molar-refractivity contribution in [3.63, 3.8) is 0 Å². The summed E-state index contributed by atoms with van der Waals surface area (Å²) in [5, 5.41) is 2.51. The van der Waals surface area contributed by atoms with Crippen molar-refractivity contribution in [2.24, 2.45) is 0 Å². The molecule has 1 N–H and O–H groups in total. The lowest BCUT2D eigenvalue weighted by molar-refractivity contribution is -0.122. The molecule has 0 spiro atoms. The Balaban J connectivity index is 2.36. The number of benzene rings is 1. The monoisotopic (exact) mass is 463 g/mol. The van der Waals surface area contributed by atoms with Crippen LogP contribution in [0.1, 0.15) is 5.56 Å². The molecule has 11 nitrogen and oxygen atoms in total. The average Bonchev–Trinajstić information content (AvgIpc) is 2.76. The first-order chi connectivity index (χ1) is 15.1. The number of amides is 1. The summed E-state index contributed by atoms with van der Waals surface area (Å²) >= 11 is 0. The summed E-state index contributed by atoms with van der Waals surface area (Å²) in [6.45, 7) is 5.87. The highest BCUT2D eigenvalue weighted by Crippen LogP contribution is 2.18. The van der Waals surface area contributed by atoms with E-state index >= 15 is 0 Å². The van der Waals surface area contributed by atoms with E-state index in [4.69, 9.17) is 0 Å². The van der Waals surface area contributed by atoms with Gasteiger partial charge in [-0.3, -0.25) is 4.79 Å². The van der Waals surface area contributed by atoms with Gasteiger partial charge in [0, 0.05) is 20.6 Å². The molecule has 172 valence electrons. The first-order valence-electron chi connectivity index (χ1n) is 9.49. The predicted molar refractivity (Wildman–Crippen MR) is 119 cm³/mol. The number of hydrogen-bond donors (Lipinski definition) is 1. The van der Waals surface area contributed by atoms with Crippen molar-refractivity contribution in [2.75, 3.05) is 14.1 Å². The minimum absolute atomic E-state index is 0.0235. The Labute approximate surface area is 184 Å². The van der Waals surface area contributed by atoms with Crippen LogP contribution in [-0.4, -0.2) is 46.4 Å². The van der Waals surface area contributed by atoms with E-state index in [0.717, 1.165) is 13.4 Å². The lowest BCUT2D eigenvalue weighted by Gasteiger charge is -2.16. The van der Waals surface area contributed by atoms with Crippen molar-refractivity contribution < 1.29 is 13.2 Å². The molecule has 0 aliphatic rings. The molecule has 1 aromatic heterocycles. The van der Waals surface area contributed by atoms with Crippen LogP contribution < -0.4 is 22.4 Å². The summed E-state index contributed by atoms with van der Waals surface area (Å²) in [5.41, 5.74) is -2.40. The highest BCUT2D eigenvalue weighted by Gasteiger charge is 2.21. The fourth-order valence-corrected chi connectivity index (χ4v) is 4.00. The number of rotatable bonds is 10. The molecule has 32 heavy (non-hydrogen) atoms. The van der Waals surface area contributed by atoms with E-state index < -0.39 is 39.5 Å². The molecule has 0 saturated carbocycles. The Kier molecular flexibility index (Phi) is 7.89. The molecule has 2 aromatic rings. The second-order valence-electron chi connectivity index (χ2n) is 6.90. The third kappa shape index (κ3) is 5.03. The van der Waals surface area contributed by atoms with Gasteiger partial charge >= 0.3 is 17.1 Å². The SMILES string of the molecule is C=CCn1c(=O)n(CC=C)c(=O)n(CC(=O)NCc2ccccc2S(=O)(=O)N(C)C)c1=O. The second kappa shape index (κ2) is 10.2. The Hall–Kier alpha value is -3.51. The summed E-state index contributed by atoms with van der Waals surface area (Å²) in [7, 11) is -0.955. The van der Waals surface area contributed by atoms with Crippen LogP contribution in [0.25, 0.3) is 0 Å². The first kappa shape index (κ1) is 24.8. The molecule has 0 unspecified atom stereocenters.